The lowest BCUT2D eigenvalue weighted by Crippen LogP contribution is -2.16. The van der Waals surface area contributed by atoms with Gasteiger partial charge in [-0.2, -0.15) is 0 Å². The zero-order chi connectivity index (χ0) is 13.5. The smallest absolute Gasteiger partial charge is 0.119 e. The topological polar surface area (TPSA) is 35.2 Å². The average Bonchev–Trinajstić information content (AvgIpc) is 2.36. The normalized spacial score (nSPS) is 14.6. The maximum atomic E-state index is 6.11. The van der Waals surface area contributed by atoms with Gasteiger partial charge in [-0.15, -0.1) is 0 Å². The fourth-order valence-electron chi connectivity index (χ4n) is 1.99. The Balaban J connectivity index is 2.50. The first-order valence-electron chi connectivity index (χ1n) is 7.03. The van der Waals surface area contributed by atoms with Crippen LogP contribution in [0.25, 0.3) is 0 Å². The molecule has 18 heavy (non-hydrogen) atoms. The van der Waals surface area contributed by atoms with Gasteiger partial charge in [0.25, 0.3) is 0 Å². The second-order valence-corrected chi connectivity index (χ2v) is 5.54. The van der Waals surface area contributed by atoms with Crippen molar-refractivity contribution in [2.45, 2.75) is 46.6 Å². The minimum absolute atomic E-state index is 0.109. The predicted molar refractivity (Wildman–Crippen MR) is 77.8 cm³/mol. The highest BCUT2D eigenvalue weighted by molar-refractivity contribution is 5.29. The molecular weight excluding hydrogens is 222 g/mol. The molecule has 2 nitrogen and oxygen atoms in total. The summed E-state index contributed by atoms with van der Waals surface area (Å²) in [6.45, 7) is 9.51. The predicted octanol–water partition coefficient (Wildman–Crippen LogP) is 4.16. The molecule has 0 aliphatic rings. The van der Waals surface area contributed by atoms with Crippen LogP contribution in [0.5, 0.6) is 5.75 Å². The molecule has 0 aromatic heterocycles. The monoisotopic (exact) mass is 249 g/mol. The molecule has 0 spiro atoms. The van der Waals surface area contributed by atoms with Crippen LogP contribution in [0.3, 0.4) is 0 Å². The van der Waals surface area contributed by atoms with Crippen LogP contribution < -0.4 is 10.5 Å². The highest BCUT2D eigenvalue weighted by Crippen LogP contribution is 2.22. The summed E-state index contributed by atoms with van der Waals surface area (Å²) in [5, 5.41) is 0. The Bertz CT molecular complexity index is 331. The Morgan fingerprint density at radius 2 is 1.72 bits per heavy atom. The van der Waals surface area contributed by atoms with Gasteiger partial charge in [0.2, 0.25) is 0 Å². The quantitative estimate of drug-likeness (QED) is 0.787. The van der Waals surface area contributed by atoms with Crippen molar-refractivity contribution in [3.63, 3.8) is 0 Å². The van der Waals surface area contributed by atoms with Crippen LogP contribution in [0.1, 0.15) is 52.1 Å². The molecule has 0 aliphatic carbocycles. The Labute approximate surface area is 112 Å². The summed E-state index contributed by atoms with van der Waals surface area (Å²) in [4.78, 5) is 0. The number of hydrogen-bond acceptors (Lipinski definition) is 2. The molecule has 0 bridgehead atoms. The van der Waals surface area contributed by atoms with E-state index in [4.69, 9.17) is 10.5 Å². The number of benzene rings is 1. The van der Waals surface area contributed by atoms with E-state index in [1.165, 1.54) is 18.4 Å². The fourth-order valence-corrected chi connectivity index (χ4v) is 1.99. The second kappa shape index (κ2) is 7.42. The van der Waals surface area contributed by atoms with E-state index in [1.54, 1.807) is 0 Å². The number of nitrogens with two attached hydrogens (primary N) is 1. The van der Waals surface area contributed by atoms with Crippen LogP contribution >= 0.6 is 0 Å². The van der Waals surface area contributed by atoms with Crippen molar-refractivity contribution in [2.75, 3.05) is 6.61 Å². The molecular formula is C16H27NO. The number of hydrogen-bond donors (Lipinski definition) is 1. The van der Waals surface area contributed by atoms with E-state index in [1.807, 2.05) is 12.1 Å². The second-order valence-electron chi connectivity index (χ2n) is 5.54. The van der Waals surface area contributed by atoms with Crippen molar-refractivity contribution in [3.8, 4) is 5.75 Å². The Morgan fingerprint density at radius 1 is 1.11 bits per heavy atom. The summed E-state index contributed by atoms with van der Waals surface area (Å²) < 4.78 is 5.77. The lowest BCUT2D eigenvalue weighted by Gasteiger charge is -2.17. The van der Waals surface area contributed by atoms with Crippen molar-refractivity contribution in [1.82, 2.24) is 0 Å². The SMILES string of the molecule is CCC[C@H](C)COc1ccc([C@H](N)C(C)C)cc1. The van der Waals surface area contributed by atoms with Crippen LogP contribution in [-0.2, 0) is 0 Å². The van der Waals surface area contributed by atoms with Gasteiger partial charge in [-0.3, -0.25) is 0 Å². The average molecular weight is 249 g/mol. The van der Waals surface area contributed by atoms with Gasteiger partial charge in [0.05, 0.1) is 6.61 Å². The van der Waals surface area contributed by atoms with Gasteiger partial charge in [0, 0.05) is 6.04 Å². The Kier molecular flexibility index (Phi) is 6.20. The Hall–Kier alpha value is -1.02. The van der Waals surface area contributed by atoms with E-state index in [0.29, 0.717) is 11.8 Å². The van der Waals surface area contributed by atoms with Crippen molar-refractivity contribution in [1.29, 1.82) is 0 Å². The van der Waals surface area contributed by atoms with Crippen LogP contribution in [0.4, 0.5) is 0 Å². The van der Waals surface area contributed by atoms with Crippen molar-refractivity contribution >= 4 is 0 Å². The Morgan fingerprint density at radius 3 is 2.22 bits per heavy atom. The van der Waals surface area contributed by atoms with E-state index in [9.17, 15) is 0 Å². The third-order valence-corrected chi connectivity index (χ3v) is 3.30. The standard InChI is InChI=1S/C16H27NO/c1-5-6-13(4)11-18-15-9-7-14(8-10-15)16(17)12(2)3/h7-10,12-13,16H,5-6,11,17H2,1-4H3/t13-,16+/m0/s1. The molecule has 0 unspecified atom stereocenters. The zero-order valence-corrected chi connectivity index (χ0v) is 12.1. The van der Waals surface area contributed by atoms with Crippen molar-refractivity contribution in [2.24, 2.45) is 17.6 Å². The van der Waals surface area contributed by atoms with Gasteiger partial charge < -0.3 is 10.5 Å². The van der Waals surface area contributed by atoms with Gasteiger partial charge in [-0.1, -0.05) is 46.2 Å². The number of rotatable bonds is 7. The highest BCUT2D eigenvalue weighted by Gasteiger charge is 2.10. The van der Waals surface area contributed by atoms with Gasteiger partial charge in [0.1, 0.15) is 5.75 Å². The summed E-state index contributed by atoms with van der Waals surface area (Å²) >= 11 is 0. The van der Waals surface area contributed by atoms with Crippen LogP contribution in [-0.4, -0.2) is 6.61 Å². The van der Waals surface area contributed by atoms with E-state index in [-0.39, 0.29) is 6.04 Å². The molecule has 0 saturated carbocycles. The molecule has 0 aliphatic heterocycles. The highest BCUT2D eigenvalue weighted by atomic mass is 16.5. The summed E-state index contributed by atoms with van der Waals surface area (Å²) in [7, 11) is 0. The largest absolute Gasteiger partial charge is 0.493 e. The third kappa shape index (κ3) is 4.69. The number of ether oxygens (including phenoxy) is 1. The first kappa shape index (κ1) is 15.0. The molecule has 0 saturated heterocycles. The molecule has 102 valence electrons. The van der Waals surface area contributed by atoms with E-state index in [2.05, 4.69) is 39.8 Å². The summed E-state index contributed by atoms with van der Waals surface area (Å²) in [5.74, 6) is 2.02. The van der Waals surface area contributed by atoms with Crippen molar-refractivity contribution < 1.29 is 4.74 Å². The third-order valence-electron chi connectivity index (χ3n) is 3.30. The van der Waals surface area contributed by atoms with Gasteiger partial charge in [0.15, 0.2) is 0 Å². The lowest BCUT2D eigenvalue weighted by molar-refractivity contribution is 0.251. The van der Waals surface area contributed by atoms with Crippen LogP contribution in [0.15, 0.2) is 24.3 Å². The maximum Gasteiger partial charge on any atom is 0.119 e. The molecule has 2 atom stereocenters. The molecule has 2 N–H and O–H groups in total. The van der Waals surface area contributed by atoms with E-state index >= 15 is 0 Å². The molecule has 0 radical (unpaired) electrons. The summed E-state index contributed by atoms with van der Waals surface area (Å²) in [5.41, 5.74) is 7.29. The first-order valence-corrected chi connectivity index (χ1v) is 7.03. The summed E-state index contributed by atoms with van der Waals surface area (Å²) in [6.07, 6.45) is 2.43. The van der Waals surface area contributed by atoms with E-state index in [0.717, 1.165) is 12.4 Å². The fraction of sp³-hybridized carbons (Fsp3) is 0.625. The van der Waals surface area contributed by atoms with Crippen LogP contribution in [0.2, 0.25) is 0 Å². The summed E-state index contributed by atoms with van der Waals surface area (Å²) in [6, 6.07) is 8.31. The molecule has 1 rings (SSSR count). The van der Waals surface area contributed by atoms with Crippen molar-refractivity contribution in [3.05, 3.63) is 29.8 Å². The molecule has 0 amide bonds. The first-order chi connectivity index (χ1) is 8.54. The minimum atomic E-state index is 0.109. The molecule has 2 heteroatoms. The molecule has 1 aromatic rings. The van der Waals surface area contributed by atoms with E-state index < -0.39 is 0 Å². The molecule has 0 fully saturated rings. The minimum Gasteiger partial charge on any atom is -0.493 e. The van der Waals surface area contributed by atoms with Gasteiger partial charge in [-0.05, 0) is 36.0 Å². The zero-order valence-electron chi connectivity index (χ0n) is 12.1. The lowest BCUT2D eigenvalue weighted by atomic mass is 9.97. The van der Waals surface area contributed by atoms with Gasteiger partial charge >= 0.3 is 0 Å². The van der Waals surface area contributed by atoms with Gasteiger partial charge in [-0.25, -0.2) is 0 Å². The maximum absolute atomic E-state index is 6.11. The van der Waals surface area contributed by atoms with Crippen LogP contribution in [0, 0.1) is 11.8 Å². The molecule has 0 heterocycles. The molecule has 1 aromatic carbocycles.